The Hall–Kier alpha value is -7.70. The smallest absolute Gasteiger partial charge is 0.319 e. The molecule has 6 amide bonds. The summed E-state index contributed by atoms with van der Waals surface area (Å²) in [5.41, 5.74) is 9.57. The van der Waals surface area contributed by atoms with Gasteiger partial charge in [0, 0.05) is 96.1 Å². The second kappa shape index (κ2) is 18.9. The molecule has 3 aromatic heterocycles. The Morgan fingerprint density at radius 2 is 1.76 bits per heavy atom. The lowest BCUT2D eigenvalue weighted by atomic mass is 9.94. The molecule has 0 aliphatic carbocycles. The van der Waals surface area contributed by atoms with E-state index in [2.05, 4.69) is 61.6 Å². The van der Waals surface area contributed by atoms with Gasteiger partial charge in [0.15, 0.2) is 0 Å². The first-order valence-corrected chi connectivity index (χ1v) is 23.9. The zero-order chi connectivity index (χ0) is 49.8. The van der Waals surface area contributed by atoms with E-state index < -0.39 is 18.0 Å². The van der Waals surface area contributed by atoms with E-state index in [9.17, 15) is 24.0 Å². The molecule has 2 saturated heterocycles. The normalized spacial score (nSPS) is 16.1. The van der Waals surface area contributed by atoms with Crippen molar-refractivity contribution in [1.29, 1.82) is 0 Å². The molecule has 1 atom stereocenters. The van der Waals surface area contributed by atoms with Gasteiger partial charge in [-0.25, -0.2) is 4.79 Å². The van der Waals surface area contributed by atoms with Gasteiger partial charge < -0.3 is 29.9 Å². The van der Waals surface area contributed by atoms with Crippen LogP contribution in [-0.4, -0.2) is 102 Å². The Balaban J connectivity index is 0.794. The van der Waals surface area contributed by atoms with Crippen molar-refractivity contribution >= 4 is 80.4 Å². The Bertz CT molecular complexity index is 3370. The quantitative estimate of drug-likeness (QED) is 0.0690. The summed E-state index contributed by atoms with van der Waals surface area (Å²) in [6, 6.07) is 15.1. The maximum atomic E-state index is 13.9. The van der Waals surface area contributed by atoms with Crippen LogP contribution in [0.2, 0.25) is 10.0 Å². The van der Waals surface area contributed by atoms with E-state index in [-0.39, 0.29) is 84.1 Å². The van der Waals surface area contributed by atoms with Crippen molar-refractivity contribution in [2.24, 2.45) is 7.05 Å². The number of likely N-dealkylation sites (tertiary alicyclic amines) is 1. The van der Waals surface area contributed by atoms with E-state index in [4.69, 9.17) is 37.8 Å². The molecule has 20 heteroatoms. The van der Waals surface area contributed by atoms with E-state index >= 15 is 0 Å². The number of hydrogen-bond donors (Lipinski definition) is 4. The molecule has 3 aliphatic heterocycles. The Labute approximate surface area is 417 Å². The molecular weight excluding hydrogens is 950 g/mol. The SMILES string of the molecule is C=C(COc1cc(Cl)c(OC)cc1NC(=O)NCc1ccc2c(c1)CN(C1CCC(=O)NC1=O)C2=O)C(=O)N1CCC(n2nc(-c3ccc4c(cnn4C)c3)c(-c3c(Cl)c(C)cc4[nH]ncc34)c2C)CC1. The Morgan fingerprint density at radius 1 is 0.958 bits per heavy atom. The molecule has 0 radical (unpaired) electrons. The van der Waals surface area contributed by atoms with Crippen LogP contribution in [0.1, 0.15) is 64.5 Å². The van der Waals surface area contributed by atoms with Crippen LogP contribution in [0.5, 0.6) is 11.5 Å². The molecule has 6 heterocycles. The number of H-pyrrole nitrogens is 1. The highest BCUT2D eigenvalue weighted by atomic mass is 35.5. The summed E-state index contributed by atoms with van der Waals surface area (Å²) in [6.07, 6.45) is 5.32. The minimum absolute atomic E-state index is 0.0231. The highest BCUT2D eigenvalue weighted by Gasteiger charge is 2.39. The summed E-state index contributed by atoms with van der Waals surface area (Å²) in [5.74, 6) is -0.912. The van der Waals surface area contributed by atoms with Crippen molar-refractivity contribution in [1.82, 2.24) is 50.2 Å². The number of nitrogens with zero attached hydrogens (tertiary/aromatic N) is 7. The van der Waals surface area contributed by atoms with Crippen LogP contribution < -0.4 is 25.4 Å². The molecular formula is C51H49Cl2N11O7. The number of hydrogen-bond acceptors (Lipinski definition) is 10. The van der Waals surface area contributed by atoms with Gasteiger partial charge in [-0.1, -0.05) is 48.0 Å². The molecule has 0 saturated carbocycles. The number of imide groups is 1. The number of nitrogens with one attached hydrogen (secondary N) is 4. The summed E-state index contributed by atoms with van der Waals surface area (Å²) in [5, 5.41) is 27.9. The fourth-order valence-electron chi connectivity index (χ4n) is 9.89. The minimum atomic E-state index is -0.732. The van der Waals surface area contributed by atoms with Gasteiger partial charge in [0.2, 0.25) is 11.8 Å². The summed E-state index contributed by atoms with van der Waals surface area (Å²) < 4.78 is 15.5. The third kappa shape index (κ3) is 8.82. The third-order valence-electron chi connectivity index (χ3n) is 13.6. The highest BCUT2D eigenvalue weighted by molar-refractivity contribution is 6.36. The van der Waals surface area contributed by atoms with Gasteiger partial charge in [0.25, 0.3) is 11.8 Å². The standard InChI is InChI=1S/C51H49Cl2N11O7/c1-26-16-37-35(23-55-59-37)45(46(26)53)44-28(3)64(60-47(44)30-7-9-39-31(18-30)22-56-61(39)4)33-12-14-62(15-13-33)49(67)27(2)25-71-42-19-36(52)41(70-5)20-38(42)57-51(69)54-21-29-6-8-34-32(17-29)24-63(50(34)68)40-10-11-43(65)58-48(40)66/h6-9,16-20,22-23,33,40H,2,10-15,21,24-25H2,1,3-5H3,(H,55,59)(H2,54,57,69)(H,58,65,66). The number of ether oxygens (including phenoxy) is 2. The van der Waals surface area contributed by atoms with Crippen molar-refractivity contribution in [3.63, 3.8) is 0 Å². The molecule has 2 fully saturated rings. The van der Waals surface area contributed by atoms with Gasteiger partial charge in [-0.3, -0.25) is 39.0 Å². The van der Waals surface area contributed by atoms with Crippen molar-refractivity contribution < 1.29 is 33.4 Å². The number of aryl methyl sites for hydroxylation is 2. The zero-order valence-corrected chi connectivity index (χ0v) is 40.8. The summed E-state index contributed by atoms with van der Waals surface area (Å²) in [7, 11) is 3.36. The van der Waals surface area contributed by atoms with Crippen LogP contribution in [0.4, 0.5) is 10.5 Å². The number of piperidine rings is 2. The topological polar surface area (TPSA) is 211 Å². The van der Waals surface area contributed by atoms with E-state index in [1.165, 1.54) is 24.1 Å². The average molecular weight is 999 g/mol. The molecule has 71 heavy (non-hydrogen) atoms. The maximum absolute atomic E-state index is 13.9. The Morgan fingerprint density at radius 3 is 2.54 bits per heavy atom. The molecule has 364 valence electrons. The molecule has 4 aromatic carbocycles. The first kappa shape index (κ1) is 47.0. The van der Waals surface area contributed by atoms with Crippen molar-refractivity contribution in [3.8, 4) is 33.9 Å². The number of amides is 6. The molecule has 0 bridgehead atoms. The first-order valence-electron chi connectivity index (χ1n) is 23.1. The minimum Gasteiger partial charge on any atom is -0.495 e. The second-order valence-corrected chi connectivity index (χ2v) is 18.9. The summed E-state index contributed by atoms with van der Waals surface area (Å²) >= 11 is 13.7. The summed E-state index contributed by atoms with van der Waals surface area (Å²) in [6.45, 7) is 9.15. The molecule has 7 aromatic rings. The largest absolute Gasteiger partial charge is 0.495 e. The van der Waals surface area contributed by atoms with Crippen LogP contribution in [0.15, 0.2) is 79.1 Å². The molecule has 3 aliphatic rings. The van der Waals surface area contributed by atoms with Gasteiger partial charge in [-0.2, -0.15) is 15.3 Å². The van der Waals surface area contributed by atoms with Crippen LogP contribution in [0.3, 0.4) is 0 Å². The van der Waals surface area contributed by atoms with Gasteiger partial charge in [0.1, 0.15) is 29.8 Å². The molecule has 1 unspecified atom stereocenters. The maximum Gasteiger partial charge on any atom is 0.319 e. The third-order valence-corrected chi connectivity index (χ3v) is 14.4. The monoisotopic (exact) mass is 997 g/mol. The molecule has 18 nitrogen and oxygen atoms in total. The van der Waals surface area contributed by atoms with Crippen LogP contribution >= 0.6 is 23.2 Å². The zero-order valence-electron chi connectivity index (χ0n) is 39.3. The highest BCUT2D eigenvalue weighted by Crippen LogP contribution is 2.45. The van der Waals surface area contributed by atoms with Gasteiger partial charge >= 0.3 is 6.03 Å². The lowest BCUT2D eigenvalue weighted by molar-refractivity contribution is -0.137. The number of carbonyl (C=O) groups is 5. The molecule has 10 rings (SSSR count). The number of methoxy groups -OCH3 is 1. The number of fused-ring (bicyclic) bond motifs is 3. The number of halogens is 2. The van der Waals surface area contributed by atoms with E-state index in [0.717, 1.165) is 61.0 Å². The molecule has 0 spiro atoms. The van der Waals surface area contributed by atoms with Crippen molar-refractivity contribution in [3.05, 3.63) is 117 Å². The Kier molecular flexibility index (Phi) is 12.5. The number of aromatic amines is 1. The van der Waals surface area contributed by atoms with Crippen molar-refractivity contribution in [2.45, 2.75) is 64.7 Å². The van der Waals surface area contributed by atoms with Crippen LogP contribution in [0.25, 0.3) is 44.2 Å². The van der Waals surface area contributed by atoms with E-state index in [0.29, 0.717) is 42.1 Å². The lowest BCUT2D eigenvalue weighted by Crippen LogP contribution is -2.52. The lowest BCUT2D eigenvalue weighted by Gasteiger charge is -2.33. The number of benzene rings is 4. The fourth-order valence-corrected chi connectivity index (χ4v) is 10.4. The first-order chi connectivity index (χ1) is 34.2. The van der Waals surface area contributed by atoms with E-state index in [1.807, 2.05) is 43.0 Å². The van der Waals surface area contributed by atoms with Crippen molar-refractivity contribution in [2.75, 3.05) is 32.1 Å². The second-order valence-electron chi connectivity index (χ2n) is 18.1. The van der Waals surface area contributed by atoms with Gasteiger partial charge in [-0.15, -0.1) is 0 Å². The van der Waals surface area contributed by atoms with Gasteiger partial charge in [-0.05, 0) is 74.1 Å². The fraction of sp³-hybridized carbons (Fsp3) is 0.294. The number of rotatable bonds is 12. The number of aromatic nitrogens is 6. The number of carbonyl (C=O) groups excluding carboxylic acids is 5. The molecule has 4 N–H and O–H groups in total. The number of anilines is 1. The van der Waals surface area contributed by atoms with Crippen LogP contribution in [0, 0.1) is 13.8 Å². The van der Waals surface area contributed by atoms with E-state index in [1.54, 1.807) is 23.2 Å². The van der Waals surface area contributed by atoms with Crippen LogP contribution in [-0.2, 0) is 34.5 Å². The predicted molar refractivity (Wildman–Crippen MR) is 267 cm³/mol. The van der Waals surface area contributed by atoms with Gasteiger partial charge in [0.05, 0.1) is 52.3 Å². The average Bonchev–Trinajstić information content (AvgIpc) is 4.15. The summed E-state index contributed by atoms with van der Waals surface area (Å²) in [4.78, 5) is 67.8. The predicted octanol–water partition coefficient (Wildman–Crippen LogP) is 7.79. The number of urea groups is 1.